The van der Waals surface area contributed by atoms with Crippen molar-refractivity contribution in [2.75, 3.05) is 0 Å². The van der Waals surface area contributed by atoms with Crippen molar-refractivity contribution in [3.05, 3.63) is 30.6 Å². The summed E-state index contributed by atoms with van der Waals surface area (Å²) < 4.78 is 0. The van der Waals surface area contributed by atoms with Crippen molar-refractivity contribution in [2.45, 2.75) is 20.3 Å². The molecule has 1 aromatic heterocycles. The van der Waals surface area contributed by atoms with Crippen molar-refractivity contribution < 1.29 is 1.43 Å². The zero-order valence-electron chi connectivity index (χ0n) is 7.54. The fourth-order valence-corrected chi connectivity index (χ4v) is 0.880. The third-order valence-electron chi connectivity index (χ3n) is 1.33. The van der Waals surface area contributed by atoms with Gasteiger partial charge in [-0.1, -0.05) is 32.4 Å². The molecule has 1 heterocycles. The van der Waals surface area contributed by atoms with Gasteiger partial charge in [0.25, 0.3) is 0 Å². The maximum atomic E-state index is 4.06. The Hall–Kier alpha value is -1.31. The van der Waals surface area contributed by atoms with Crippen LogP contribution in [0.25, 0.3) is 11.0 Å². The van der Waals surface area contributed by atoms with E-state index in [9.17, 15) is 0 Å². The second-order valence-electron chi connectivity index (χ2n) is 2.63. The van der Waals surface area contributed by atoms with Crippen LogP contribution in [0, 0.1) is 0 Å². The topological polar surface area (TPSA) is 28.7 Å². The SMILES string of the molecule is CCC.[HH].c1ccc2[nH]cnc2c1. The highest BCUT2D eigenvalue weighted by atomic mass is 14.9. The third kappa shape index (κ3) is 2.09. The minimum Gasteiger partial charge on any atom is -0.345 e. The van der Waals surface area contributed by atoms with Gasteiger partial charge in [0, 0.05) is 1.43 Å². The van der Waals surface area contributed by atoms with Gasteiger partial charge in [-0.15, -0.1) is 0 Å². The third-order valence-corrected chi connectivity index (χ3v) is 1.33. The van der Waals surface area contributed by atoms with E-state index in [1.165, 1.54) is 6.42 Å². The molecule has 2 rings (SSSR count). The number of H-pyrrole nitrogens is 1. The van der Waals surface area contributed by atoms with Crippen LogP contribution in [0.4, 0.5) is 0 Å². The van der Waals surface area contributed by atoms with E-state index in [1.807, 2.05) is 24.3 Å². The second-order valence-corrected chi connectivity index (χ2v) is 2.63. The molecule has 66 valence electrons. The van der Waals surface area contributed by atoms with Crippen LogP contribution in [0.1, 0.15) is 21.7 Å². The lowest BCUT2D eigenvalue weighted by Gasteiger charge is -1.81. The average Bonchev–Trinajstić information content (AvgIpc) is 2.52. The van der Waals surface area contributed by atoms with Crippen LogP contribution < -0.4 is 0 Å². The Kier molecular flexibility index (Phi) is 3.33. The lowest BCUT2D eigenvalue weighted by atomic mass is 10.3. The standard InChI is InChI=1S/C7H6N2.C3H8.H2/c1-2-4-7-6(3-1)8-5-9-7;1-3-2;/h1-5H,(H,8,9);3H2,1-2H3;1H. The molecule has 0 fully saturated rings. The van der Waals surface area contributed by atoms with E-state index in [1.54, 1.807) is 6.33 Å². The number of rotatable bonds is 0. The van der Waals surface area contributed by atoms with Crippen LogP contribution in [-0.4, -0.2) is 9.97 Å². The average molecular weight is 164 g/mol. The van der Waals surface area contributed by atoms with E-state index >= 15 is 0 Å². The Balaban J connectivity index is 0.000000324. The van der Waals surface area contributed by atoms with Gasteiger partial charge < -0.3 is 4.98 Å². The molecule has 0 amide bonds. The first-order valence-corrected chi connectivity index (χ1v) is 4.26. The summed E-state index contributed by atoms with van der Waals surface area (Å²) in [6.45, 7) is 4.25. The molecular weight excluding hydrogens is 148 g/mol. The van der Waals surface area contributed by atoms with E-state index < -0.39 is 0 Å². The molecule has 0 unspecified atom stereocenters. The number of benzene rings is 1. The largest absolute Gasteiger partial charge is 0.345 e. The number of nitrogens with zero attached hydrogens (tertiary/aromatic N) is 1. The molecule has 0 saturated heterocycles. The van der Waals surface area contributed by atoms with Crippen molar-refractivity contribution in [2.24, 2.45) is 0 Å². The number of fused-ring (bicyclic) bond motifs is 1. The Morgan fingerprint density at radius 3 is 2.67 bits per heavy atom. The summed E-state index contributed by atoms with van der Waals surface area (Å²) in [5, 5.41) is 0. The molecule has 0 aliphatic carbocycles. The number of hydrogen-bond acceptors (Lipinski definition) is 1. The zero-order chi connectivity index (χ0) is 8.81. The molecule has 0 aliphatic heterocycles. The Morgan fingerprint density at radius 1 is 1.33 bits per heavy atom. The normalized spacial score (nSPS) is 9.17. The molecule has 2 aromatic rings. The number of aromatic nitrogens is 2. The smallest absolute Gasteiger partial charge is 0.0931 e. The minimum atomic E-state index is 0. The van der Waals surface area contributed by atoms with Crippen LogP contribution in [0.2, 0.25) is 0 Å². The highest BCUT2D eigenvalue weighted by Gasteiger charge is 1.88. The number of hydrogen-bond donors (Lipinski definition) is 1. The molecule has 2 nitrogen and oxygen atoms in total. The van der Waals surface area contributed by atoms with Crippen LogP contribution in [0.3, 0.4) is 0 Å². The Bertz CT molecular complexity index is 300. The molecule has 0 bridgehead atoms. The fraction of sp³-hybridized carbons (Fsp3) is 0.300. The summed E-state index contributed by atoms with van der Waals surface area (Å²) >= 11 is 0. The summed E-state index contributed by atoms with van der Waals surface area (Å²) in [7, 11) is 0. The van der Waals surface area contributed by atoms with Gasteiger partial charge in [-0.2, -0.15) is 0 Å². The summed E-state index contributed by atoms with van der Waals surface area (Å²) in [4.78, 5) is 7.07. The van der Waals surface area contributed by atoms with Crippen LogP contribution in [-0.2, 0) is 0 Å². The van der Waals surface area contributed by atoms with E-state index in [-0.39, 0.29) is 1.43 Å². The number of imidazole rings is 1. The molecule has 0 spiro atoms. The molecule has 2 heteroatoms. The van der Waals surface area contributed by atoms with E-state index in [0.29, 0.717) is 0 Å². The quantitative estimate of drug-likeness (QED) is 0.636. The minimum absolute atomic E-state index is 0. The van der Waals surface area contributed by atoms with Crippen molar-refractivity contribution in [1.29, 1.82) is 0 Å². The molecule has 0 atom stereocenters. The predicted molar refractivity (Wildman–Crippen MR) is 54.2 cm³/mol. The van der Waals surface area contributed by atoms with E-state index in [4.69, 9.17) is 0 Å². The highest BCUT2D eigenvalue weighted by molar-refractivity contribution is 5.73. The van der Waals surface area contributed by atoms with Gasteiger partial charge >= 0.3 is 0 Å². The summed E-state index contributed by atoms with van der Waals surface area (Å²) in [5.41, 5.74) is 2.12. The van der Waals surface area contributed by atoms with Crippen LogP contribution in [0.5, 0.6) is 0 Å². The first kappa shape index (κ1) is 8.78. The first-order chi connectivity index (χ1) is 5.88. The lowest BCUT2D eigenvalue weighted by molar-refractivity contribution is 1.09. The number of aromatic amines is 1. The second kappa shape index (κ2) is 4.54. The van der Waals surface area contributed by atoms with E-state index in [0.717, 1.165) is 11.0 Å². The molecule has 1 N–H and O–H groups in total. The van der Waals surface area contributed by atoms with Crippen LogP contribution in [0.15, 0.2) is 30.6 Å². The molecular formula is C10H16N2. The van der Waals surface area contributed by atoms with Crippen molar-refractivity contribution in [1.82, 2.24) is 9.97 Å². The first-order valence-electron chi connectivity index (χ1n) is 4.26. The van der Waals surface area contributed by atoms with Crippen molar-refractivity contribution in [3.8, 4) is 0 Å². The molecule has 0 saturated carbocycles. The molecule has 0 radical (unpaired) electrons. The van der Waals surface area contributed by atoms with Gasteiger partial charge in [0.1, 0.15) is 0 Å². The van der Waals surface area contributed by atoms with Gasteiger partial charge in [-0.25, -0.2) is 4.98 Å². The number of nitrogens with one attached hydrogen (secondary N) is 1. The molecule has 12 heavy (non-hydrogen) atoms. The van der Waals surface area contributed by atoms with Crippen molar-refractivity contribution >= 4 is 11.0 Å². The Morgan fingerprint density at radius 2 is 2.00 bits per heavy atom. The van der Waals surface area contributed by atoms with Gasteiger partial charge in [0.15, 0.2) is 0 Å². The monoisotopic (exact) mass is 164 g/mol. The van der Waals surface area contributed by atoms with E-state index in [2.05, 4.69) is 23.8 Å². The van der Waals surface area contributed by atoms with Gasteiger partial charge in [-0.3, -0.25) is 0 Å². The van der Waals surface area contributed by atoms with Gasteiger partial charge in [0.2, 0.25) is 0 Å². The Labute approximate surface area is 74.1 Å². The van der Waals surface area contributed by atoms with Gasteiger partial charge in [0.05, 0.1) is 17.4 Å². The maximum Gasteiger partial charge on any atom is 0.0931 e. The lowest BCUT2D eigenvalue weighted by Crippen LogP contribution is -1.63. The predicted octanol–water partition coefficient (Wildman–Crippen LogP) is 3.23. The van der Waals surface area contributed by atoms with Crippen LogP contribution >= 0.6 is 0 Å². The summed E-state index contributed by atoms with van der Waals surface area (Å²) in [6.07, 6.45) is 2.95. The number of para-hydroxylation sites is 2. The summed E-state index contributed by atoms with van der Waals surface area (Å²) in [5.74, 6) is 0. The molecule has 0 aliphatic rings. The zero-order valence-corrected chi connectivity index (χ0v) is 7.54. The summed E-state index contributed by atoms with van der Waals surface area (Å²) in [6, 6.07) is 7.94. The molecule has 1 aromatic carbocycles. The van der Waals surface area contributed by atoms with Gasteiger partial charge in [-0.05, 0) is 12.1 Å². The highest BCUT2D eigenvalue weighted by Crippen LogP contribution is 2.05. The fourth-order valence-electron chi connectivity index (χ4n) is 0.880. The van der Waals surface area contributed by atoms with Crippen molar-refractivity contribution in [3.63, 3.8) is 0 Å². The maximum absolute atomic E-state index is 4.06.